The summed E-state index contributed by atoms with van der Waals surface area (Å²) in [5.41, 5.74) is 1.64. The van der Waals surface area contributed by atoms with E-state index in [1.807, 2.05) is 79.7 Å². The van der Waals surface area contributed by atoms with Crippen LogP contribution >= 0.6 is 11.8 Å². The summed E-state index contributed by atoms with van der Waals surface area (Å²) in [5, 5.41) is 18.8. The summed E-state index contributed by atoms with van der Waals surface area (Å²) in [7, 11) is 0. The molecule has 3 aromatic rings. The molecule has 3 amide bonds. The van der Waals surface area contributed by atoms with Gasteiger partial charge in [-0.25, -0.2) is 0 Å². The van der Waals surface area contributed by atoms with Crippen molar-refractivity contribution < 1.29 is 19.5 Å². The minimum absolute atomic E-state index is 0.00521. The zero-order chi connectivity index (χ0) is 27.9. The van der Waals surface area contributed by atoms with E-state index in [1.165, 1.54) is 0 Å². The van der Waals surface area contributed by atoms with Gasteiger partial charge in [-0.3, -0.25) is 14.4 Å². The van der Waals surface area contributed by atoms with Gasteiger partial charge in [-0.15, -0.1) is 11.8 Å². The van der Waals surface area contributed by atoms with E-state index in [0.29, 0.717) is 25.1 Å². The molecule has 3 aromatic carbocycles. The topological polar surface area (TPSA) is 98.7 Å². The molecule has 1 spiro atoms. The molecule has 6 atom stereocenters. The van der Waals surface area contributed by atoms with Crippen LogP contribution in [0.3, 0.4) is 0 Å². The maximum atomic E-state index is 14.3. The summed E-state index contributed by atoms with van der Waals surface area (Å²) in [5.74, 6) is -1.63. The Morgan fingerprint density at radius 3 is 2.55 bits per heavy atom. The fraction of sp³-hybridized carbons (Fsp3) is 0.406. The average Bonchev–Trinajstić information content (AvgIpc) is 3.62. The number of hydrogen-bond acceptors (Lipinski definition) is 5. The fourth-order valence-corrected chi connectivity index (χ4v) is 9.27. The standard InChI is InChI=1S/C32H35N3O4S/c1-2-16-33-29(37)26-25-14-15-32(40-25)27(26)31(39)35(24(19-36)17-20-8-4-3-5-9-20)28(32)30(38)34-23-13-12-21-10-6-7-11-22(21)18-23/h3-13,18,24-28,36H,2,14-17,19H2,1H3,(H,33,37)(H,34,38)/t24-,25+,26-,27+,28?,32?/m1/s1. The van der Waals surface area contributed by atoms with E-state index in [9.17, 15) is 19.5 Å². The van der Waals surface area contributed by atoms with Gasteiger partial charge in [0.05, 0.1) is 29.2 Å². The Bertz CT molecular complexity index is 1430. The number of rotatable bonds is 9. The van der Waals surface area contributed by atoms with E-state index in [1.54, 1.807) is 16.7 Å². The largest absolute Gasteiger partial charge is 0.394 e. The van der Waals surface area contributed by atoms with Gasteiger partial charge in [0.15, 0.2) is 0 Å². The lowest BCUT2D eigenvalue weighted by molar-refractivity contribution is -0.142. The molecular formula is C32H35N3O4S. The third-order valence-electron chi connectivity index (χ3n) is 8.77. The highest BCUT2D eigenvalue weighted by molar-refractivity contribution is 8.02. The lowest BCUT2D eigenvalue weighted by Gasteiger charge is -2.37. The van der Waals surface area contributed by atoms with Crippen molar-refractivity contribution in [1.29, 1.82) is 0 Å². The summed E-state index contributed by atoms with van der Waals surface area (Å²) >= 11 is 1.64. The fourth-order valence-electron chi connectivity index (χ4n) is 7.06. The van der Waals surface area contributed by atoms with E-state index in [4.69, 9.17) is 0 Å². The monoisotopic (exact) mass is 557 g/mol. The summed E-state index contributed by atoms with van der Waals surface area (Å²) < 4.78 is -0.707. The number of aliphatic hydroxyl groups is 1. The summed E-state index contributed by atoms with van der Waals surface area (Å²) in [6.07, 6.45) is 2.71. The summed E-state index contributed by atoms with van der Waals surface area (Å²) in [6.45, 7) is 2.29. The highest BCUT2D eigenvalue weighted by Gasteiger charge is 2.74. The van der Waals surface area contributed by atoms with Crippen molar-refractivity contribution in [3.8, 4) is 0 Å². The zero-order valence-electron chi connectivity index (χ0n) is 22.6. The molecule has 0 aliphatic carbocycles. The molecule has 8 heteroatoms. The van der Waals surface area contributed by atoms with Crippen molar-refractivity contribution in [3.05, 3.63) is 78.4 Å². The third-order valence-corrected chi connectivity index (χ3v) is 10.7. The van der Waals surface area contributed by atoms with Crippen molar-refractivity contribution >= 4 is 45.9 Å². The normalized spacial score (nSPS) is 27.6. The zero-order valence-corrected chi connectivity index (χ0v) is 23.4. The summed E-state index contributed by atoms with van der Waals surface area (Å²) in [4.78, 5) is 43.6. The van der Waals surface area contributed by atoms with Gasteiger partial charge >= 0.3 is 0 Å². The number of carbonyl (C=O) groups excluding carboxylic acids is 3. The van der Waals surface area contributed by atoms with Crippen LogP contribution in [0, 0.1) is 11.8 Å². The molecule has 0 aromatic heterocycles. The number of nitrogens with one attached hydrogen (secondary N) is 2. The number of nitrogens with zero attached hydrogens (tertiary/aromatic N) is 1. The minimum Gasteiger partial charge on any atom is -0.394 e. The van der Waals surface area contributed by atoms with E-state index >= 15 is 0 Å². The van der Waals surface area contributed by atoms with Gasteiger partial charge in [-0.1, -0.05) is 67.6 Å². The molecule has 3 aliphatic heterocycles. The van der Waals surface area contributed by atoms with E-state index in [0.717, 1.165) is 29.2 Å². The number of anilines is 1. The van der Waals surface area contributed by atoms with Gasteiger partial charge < -0.3 is 20.6 Å². The van der Waals surface area contributed by atoms with Crippen molar-refractivity contribution in [1.82, 2.24) is 10.2 Å². The van der Waals surface area contributed by atoms with Gasteiger partial charge in [-0.2, -0.15) is 0 Å². The average molecular weight is 558 g/mol. The van der Waals surface area contributed by atoms with Gasteiger partial charge in [0.1, 0.15) is 6.04 Å². The SMILES string of the molecule is CCCNC(=O)[C@@H]1[C@@H]2CCC3(S2)C(C(=O)Nc2ccc4ccccc4c2)N([C@@H](CO)Cc2ccccc2)C(=O)[C@H]13. The van der Waals surface area contributed by atoms with Crippen LogP contribution in [0.5, 0.6) is 0 Å². The number of aliphatic hydroxyl groups excluding tert-OH is 1. The lowest BCUT2D eigenvalue weighted by Crippen LogP contribution is -2.55. The van der Waals surface area contributed by atoms with Crippen LogP contribution in [-0.4, -0.2) is 63.0 Å². The Hall–Kier alpha value is -3.36. The second-order valence-corrected chi connectivity index (χ2v) is 12.8. The molecule has 2 unspecified atom stereocenters. The Kier molecular flexibility index (Phi) is 7.31. The summed E-state index contributed by atoms with van der Waals surface area (Å²) in [6, 6.07) is 22.1. The first-order valence-electron chi connectivity index (χ1n) is 14.2. The van der Waals surface area contributed by atoms with Crippen LogP contribution < -0.4 is 10.6 Å². The number of fused-ring (bicyclic) bond motifs is 2. The molecule has 3 aliphatic rings. The van der Waals surface area contributed by atoms with Gasteiger partial charge in [-0.05, 0) is 54.2 Å². The predicted molar refractivity (Wildman–Crippen MR) is 158 cm³/mol. The highest BCUT2D eigenvalue weighted by Crippen LogP contribution is 2.66. The first-order chi connectivity index (χ1) is 19.5. The van der Waals surface area contributed by atoms with Crippen molar-refractivity contribution in [3.63, 3.8) is 0 Å². The van der Waals surface area contributed by atoms with Gasteiger partial charge in [0.25, 0.3) is 0 Å². The van der Waals surface area contributed by atoms with Crippen LogP contribution in [0.4, 0.5) is 5.69 Å². The quantitative estimate of drug-likeness (QED) is 0.370. The number of thioether (sulfide) groups is 1. The molecule has 3 saturated heterocycles. The van der Waals surface area contributed by atoms with Crippen molar-refractivity contribution in [2.45, 2.75) is 54.7 Å². The van der Waals surface area contributed by atoms with Crippen molar-refractivity contribution in [2.75, 3.05) is 18.5 Å². The van der Waals surface area contributed by atoms with Crippen LogP contribution in [0.15, 0.2) is 72.8 Å². The molecule has 40 heavy (non-hydrogen) atoms. The first kappa shape index (κ1) is 26.8. The molecule has 3 N–H and O–H groups in total. The Morgan fingerprint density at radius 1 is 1.05 bits per heavy atom. The maximum absolute atomic E-state index is 14.3. The molecule has 208 valence electrons. The number of amides is 3. The number of likely N-dealkylation sites (tertiary alicyclic amines) is 1. The van der Waals surface area contributed by atoms with Crippen LogP contribution in [0.25, 0.3) is 10.8 Å². The Morgan fingerprint density at radius 2 is 1.80 bits per heavy atom. The molecular weight excluding hydrogens is 522 g/mol. The molecule has 7 nitrogen and oxygen atoms in total. The molecule has 6 rings (SSSR count). The van der Waals surface area contributed by atoms with Crippen LogP contribution in [0.1, 0.15) is 31.7 Å². The Balaban J connectivity index is 1.37. The molecule has 2 bridgehead atoms. The number of carbonyl (C=O) groups is 3. The minimum atomic E-state index is -0.795. The molecule has 0 radical (unpaired) electrons. The number of hydrogen-bond donors (Lipinski definition) is 3. The van der Waals surface area contributed by atoms with Crippen molar-refractivity contribution in [2.24, 2.45) is 11.8 Å². The first-order valence-corrected chi connectivity index (χ1v) is 15.1. The van der Waals surface area contributed by atoms with E-state index in [2.05, 4.69) is 10.6 Å². The molecule has 0 saturated carbocycles. The second-order valence-electron chi connectivity index (χ2n) is 11.2. The molecule has 3 heterocycles. The predicted octanol–water partition coefficient (Wildman–Crippen LogP) is 4.00. The lowest BCUT2D eigenvalue weighted by atomic mass is 9.70. The van der Waals surface area contributed by atoms with E-state index < -0.39 is 28.7 Å². The Labute approximate surface area is 238 Å². The third kappa shape index (κ3) is 4.47. The van der Waals surface area contributed by atoms with Crippen LogP contribution in [-0.2, 0) is 20.8 Å². The molecule has 3 fully saturated rings. The maximum Gasteiger partial charge on any atom is 0.248 e. The number of benzene rings is 3. The van der Waals surface area contributed by atoms with E-state index in [-0.39, 0.29) is 29.6 Å². The second kappa shape index (κ2) is 10.9. The smallest absolute Gasteiger partial charge is 0.248 e. The van der Waals surface area contributed by atoms with Gasteiger partial charge in [0, 0.05) is 17.5 Å². The van der Waals surface area contributed by atoms with Crippen LogP contribution in [0.2, 0.25) is 0 Å². The highest BCUT2D eigenvalue weighted by atomic mass is 32.2. The van der Waals surface area contributed by atoms with Gasteiger partial charge in [0.2, 0.25) is 17.7 Å².